The van der Waals surface area contributed by atoms with Crippen molar-refractivity contribution < 1.29 is 23.5 Å². The predicted molar refractivity (Wildman–Crippen MR) is 58.3 cm³/mol. The third kappa shape index (κ3) is 4.22. The molecule has 17 heavy (non-hydrogen) atoms. The normalized spacial score (nSPS) is 9.76. The lowest BCUT2D eigenvalue weighted by Crippen LogP contribution is -2.09. The van der Waals surface area contributed by atoms with Crippen LogP contribution in [0.1, 0.15) is 30.1 Å². The molecule has 0 unspecified atom stereocenters. The third-order valence-electron chi connectivity index (χ3n) is 2.00. The number of carbonyl (C=O) groups excluding carboxylic acids is 2. The molecular weight excluding hydrogens is 227 g/mol. The summed E-state index contributed by atoms with van der Waals surface area (Å²) in [5, 5.41) is 0. The van der Waals surface area contributed by atoms with Crippen molar-refractivity contribution in [2.24, 2.45) is 0 Å². The van der Waals surface area contributed by atoms with Crippen molar-refractivity contribution in [2.45, 2.75) is 19.8 Å². The van der Waals surface area contributed by atoms with E-state index in [1.165, 1.54) is 12.1 Å². The Kier molecular flexibility index (Phi) is 5.13. The Morgan fingerprint density at radius 1 is 1.47 bits per heavy atom. The summed E-state index contributed by atoms with van der Waals surface area (Å²) in [5.74, 6) is -0.827. The smallest absolute Gasteiger partial charge is 0.308 e. The number of halogens is 1. The van der Waals surface area contributed by atoms with Crippen molar-refractivity contribution in [3.8, 4) is 5.75 Å². The van der Waals surface area contributed by atoms with E-state index in [-0.39, 0.29) is 24.1 Å². The zero-order valence-electron chi connectivity index (χ0n) is 9.44. The van der Waals surface area contributed by atoms with E-state index in [2.05, 4.69) is 0 Å². The quantitative estimate of drug-likeness (QED) is 0.435. The zero-order valence-corrected chi connectivity index (χ0v) is 9.44. The van der Waals surface area contributed by atoms with Crippen LogP contribution in [-0.2, 0) is 9.53 Å². The minimum Gasteiger partial charge on any atom is -0.457 e. The second-order valence-electron chi connectivity index (χ2n) is 3.33. The molecule has 0 spiro atoms. The number of hydrogen-bond donors (Lipinski definition) is 0. The standard InChI is InChI=1S/C12H13FO4/c1-2-3-12(15)17-8-16-10-5-4-9(7-14)11(13)6-10/h4-7H,2-3,8H2,1H3. The Morgan fingerprint density at radius 3 is 2.82 bits per heavy atom. The number of aldehydes is 1. The molecule has 0 saturated heterocycles. The lowest BCUT2D eigenvalue weighted by molar-refractivity contribution is -0.150. The second kappa shape index (κ2) is 6.62. The molecule has 4 nitrogen and oxygen atoms in total. The van der Waals surface area contributed by atoms with Crippen LogP contribution >= 0.6 is 0 Å². The molecule has 0 heterocycles. The highest BCUT2D eigenvalue weighted by Gasteiger charge is 2.04. The highest BCUT2D eigenvalue weighted by molar-refractivity contribution is 5.75. The van der Waals surface area contributed by atoms with Crippen molar-refractivity contribution in [1.29, 1.82) is 0 Å². The third-order valence-corrected chi connectivity index (χ3v) is 2.00. The monoisotopic (exact) mass is 240 g/mol. The minimum absolute atomic E-state index is 0.0414. The molecule has 1 rings (SSSR count). The highest BCUT2D eigenvalue weighted by Crippen LogP contribution is 2.15. The van der Waals surface area contributed by atoms with Crippen LogP contribution in [0.25, 0.3) is 0 Å². The van der Waals surface area contributed by atoms with Gasteiger partial charge in [-0.2, -0.15) is 0 Å². The average molecular weight is 240 g/mol. The maximum Gasteiger partial charge on any atom is 0.308 e. The van der Waals surface area contributed by atoms with Crippen LogP contribution in [0, 0.1) is 5.82 Å². The summed E-state index contributed by atoms with van der Waals surface area (Å²) < 4.78 is 22.9. The first kappa shape index (κ1) is 13.2. The topological polar surface area (TPSA) is 52.6 Å². The average Bonchev–Trinajstić information content (AvgIpc) is 2.29. The highest BCUT2D eigenvalue weighted by atomic mass is 19.1. The molecule has 0 radical (unpaired) electrons. The predicted octanol–water partition coefficient (Wildman–Crippen LogP) is 2.32. The summed E-state index contributed by atoms with van der Waals surface area (Å²) in [7, 11) is 0. The zero-order chi connectivity index (χ0) is 12.7. The van der Waals surface area contributed by atoms with Gasteiger partial charge in [0.05, 0.1) is 5.56 Å². The number of esters is 1. The number of hydrogen-bond acceptors (Lipinski definition) is 4. The summed E-state index contributed by atoms with van der Waals surface area (Å²) in [4.78, 5) is 21.3. The van der Waals surface area contributed by atoms with Gasteiger partial charge in [-0.05, 0) is 18.6 Å². The van der Waals surface area contributed by atoms with Crippen molar-refractivity contribution in [3.63, 3.8) is 0 Å². The molecule has 0 saturated carbocycles. The van der Waals surface area contributed by atoms with Crippen LogP contribution in [-0.4, -0.2) is 19.0 Å². The van der Waals surface area contributed by atoms with Gasteiger partial charge in [0, 0.05) is 12.5 Å². The molecular formula is C12H13FO4. The Bertz CT molecular complexity index is 403. The summed E-state index contributed by atoms with van der Waals surface area (Å²) in [6.45, 7) is 1.59. The SMILES string of the molecule is CCCC(=O)OCOc1ccc(C=O)c(F)c1. The Morgan fingerprint density at radius 2 is 2.24 bits per heavy atom. The van der Waals surface area contributed by atoms with Crippen LogP contribution in [0.15, 0.2) is 18.2 Å². The fourth-order valence-electron chi connectivity index (χ4n) is 1.13. The number of carbonyl (C=O) groups is 2. The lowest BCUT2D eigenvalue weighted by Gasteiger charge is -2.07. The van der Waals surface area contributed by atoms with E-state index in [1.54, 1.807) is 0 Å². The number of benzene rings is 1. The molecule has 0 bridgehead atoms. The van der Waals surface area contributed by atoms with Gasteiger partial charge in [0.1, 0.15) is 11.6 Å². The van der Waals surface area contributed by atoms with Crippen molar-refractivity contribution >= 4 is 12.3 Å². The van der Waals surface area contributed by atoms with E-state index in [4.69, 9.17) is 9.47 Å². The maximum absolute atomic E-state index is 13.1. The van der Waals surface area contributed by atoms with Crippen molar-refractivity contribution in [2.75, 3.05) is 6.79 Å². The largest absolute Gasteiger partial charge is 0.457 e. The molecule has 0 atom stereocenters. The summed E-state index contributed by atoms with van der Waals surface area (Å²) in [6, 6.07) is 3.80. The second-order valence-corrected chi connectivity index (χ2v) is 3.33. The summed E-state index contributed by atoms with van der Waals surface area (Å²) in [6.07, 6.45) is 1.43. The van der Waals surface area contributed by atoms with Crippen LogP contribution < -0.4 is 4.74 Å². The van der Waals surface area contributed by atoms with Crippen LogP contribution in [0.2, 0.25) is 0 Å². The van der Waals surface area contributed by atoms with Crippen LogP contribution in [0.4, 0.5) is 4.39 Å². The molecule has 0 aliphatic rings. The summed E-state index contributed by atoms with van der Waals surface area (Å²) in [5.41, 5.74) is -0.0414. The van der Waals surface area contributed by atoms with Crippen molar-refractivity contribution in [1.82, 2.24) is 0 Å². The molecule has 0 aromatic heterocycles. The molecule has 0 N–H and O–H groups in total. The van der Waals surface area contributed by atoms with Crippen LogP contribution in [0.3, 0.4) is 0 Å². The first-order chi connectivity index (χ1) is 8.17. The lowest BCUT2D eigenvalue weighted by atomic mass is 10.2. The molecule has 0 fully saturated rings. The Hall–Kier alpha value is -1.91. The van der Waals surface area contributed by atoms with E-state index in [0.717, 1.165) is 6.07 Å². The number of rotatable bonds is 6. The van der Waals surface area contributed by atoms with Gasteiger partial charge < -0.3 is 9.47 Å². The van der Waals surface area contributed by atoms with Gasteiger partial charge in [0.2, 0.25) is 6.79 Å². The summed E-state index contributed by atoms with van der Waals surface area (Å²) >= 11 is 0. The molecule has 5 heteroatoms. The van der Waals surface area contributed by atoms with E-state index in [0.29, 0.717) is 19.1 Å². The van der Waals surface area contributed by atoms with E-state index in [9.17, 15) is 14.0 Å². The van der Waals surface area contributed by atoms with Gasteiger partial charge in [0.25, 0.3) is 0 Å². The molecule has 1 aromatic rings. The van der Waals surface area contributed by atoms with Gasteiger partial charge in [0.15, 0.2) is 6.29 Å². The van der Waals surface area contributed by atoms with Gasteiger partial charge in [-0.1, -0.05) is 6.92 Å². The molecule has 0 amide bonds. The van der Waals surface area contributed by atoms with Gasteiger partial charge >= 0.3 is 5.97 Å². The Labute approximate surface area is 98.3 Å². The van der Waals surface area contributed by atoms with Gasteiger partial charge in [-0.15, -0.1) is 0 Å². The molecule has 92 valence electrons. The molecule has 0 aliphatic carbocycles. The van der Waals surface area contributed by atoms with Gasteiger partial charge in [-0.3, -0.25) is 9.59 Å². The fraction of sp³-hybridized carbons (Fsp3) is 0.333. The Balaban J connectivity index is 2.44. The maximum atomic E-state index is 13.1. The molecule has 1 aromatic carbocycles. The minimum atomic E-state index is -0.669. The van der Waals surface area contributed by atoms with Gasteiger partial charge in [-0.25, -0.2) is 4.39 Å². The first-order valence-corrected chi connectivity index (χ1v) is 5.20. The van der Waals surface area contributed by atoms with E-state index in [1.807, 2.05) is 6.92 Å². The first-order valence-electron chi connectivity index (χ1n) is 5.20. The van der Waals surface area contributed by atoms with E-state index >= 15 is 0 Å². The van der Waals surface area contributed by atoms with E-state index < -0.39 is 5.82 Å². The fourth-order valence-corrected chi connectivity index (χ4v) is 1.13. The van der Waals surface area contributed by atoms with Crippen molar-refractivity contribution in [3.05, 3.63) is 29.6 Å². The van der Waals surface area contributed by atoms with Crippen LogP contribution in [0.5, 0.6) is 5.75 Å². The molecule has 0 aliphatic heterocycles. The number of ether oxygens (including phenoxy) is 2.